The molecule has 0 unspecified atom stereocenters. The maximum absolute atomic E-state index is 9.91. The molecule has 1 aromatic heterocycles. The number of phenols is 1. The molecule has 1 heterocycles. The predicted molar refractivity (Wildman–Crippen MR) is 71.8 cm³/mol. The summed E-state index contributed by atoms with van der Waals surface area (Å²) in [6, 6.07) is 10.8. The van der Waals surface area contributed by atoms with E-state index in [2.05, 4.69) is 10.2 Å². The minimum absolute atomic E-state index is 0.109. The number of nitrogens with zero attached hydrogens (tertiary/aromatic N) is 3. The van der Waals surface area contributed by atoms with Gasteiger partial charge in [0.15, 0.2) is 0 Å². The summed E-state index contributed by atoms with van der Waals surface area (Å²) in [7, 11) is 1.58. The van der Waals surface area contributed by atoms with Gasteiger partial charge in [0, 0.05) is 6.07 Å². The van der Waals surface area contributed by atoms with E-state index in [1.54, 1.807) is 25.3 Å². The van der Waals surface area contributed by atoms with Crippen LogP contribution in [-0.4, -0.2) is 27.2 Å². The van der Waals surface area contributed by atoms with Crippen molar-refractivity contribution < 1.29 is 9.84 Å². The second kappa shape index (κ2) is 4.28. The molecule has 3 aromatic rings. The van der Waals surface area contributed by atoms with Crippen LogP contribution < -0.4 is 4.74 Å². The van der Waals surface area contributed by atoms with Crippen LogP contribution in [0.1, 0.15) is 5.56 Å². The molecule has 0 aliphatic carbocycles. The van der Waals surface area contributed by atoms with Crippen LogP contribution in [0.2, 0.25) is 0 Å². The SMILES string of the molecule is COc1ccc(O)c(-n2nc3ccc(C)cc3n2)c1. The van der Waals surface area contributed by atoms with E-state index in [-0.39, 0.29) is 5.75 Å². The van der Waals surface area contributed by atoms with Gasteiger partial charge in [-0.2, -0.15) is 0 Å². The number of aromatic nitrogens is 3. The normalized spacial score (nSPS) is 10.8. The smallest absolute Gasteiger partial charge is 0.143 e. The number of rotatable bonds is 2. The van der Waals surface area contributed by atoms with E-state index in [4.69, 9.17) is 4.74 Å². The fraction of sp³-hybridized carbons (Fsp3) is 0.143. The summed E-state index contributed by atoms with van der Waals surface area (Å²) < 4.78 is 5.14. The van der Waals surface area contributed by atoms with E-state index in [1.165, 1.54) is 4.80 Å². The average molecular weight is 255 g/mol. The fourth-order valence-corrected chi connectivity index (χ4v) is 1.92. The molecule has 3 rings (SSSR count). The average Bonchev–Trinajstić information content (AvgIpc) is 2.82. The molecule has 5 heteroatoms. The van der Waals surface area contributed by atoms with Gasteiger partial charge >= 0.3 is 0 Å². The first-order valence-electron chi connectivity index (χ1n) is 5.88. The largest absolute Gasteiger partial charge is 0.506 e. The third-order valence-electron chi connectivity index (χ3n) is 2.93. The highest BCUT2D eigenvalue weighted by atomic mass is 16.5. The van der Waals surface area contributed by atoms with Crippen molar-refractivity contribution in [2.45, 2.75) is 6.92 Å². The molecule has 0 saturated carbocycles. The second-order valence-electron chi connectivity index (χ2n) is 4.34. The van der Waals surface area contributed by atoms with Crippen LogP contribution in [0.5, 0.6) is 11.5 Å². The van der Waals surface area contributed by atoms with E-state index < -0.39 is 0 Å². The van der Waals surface area contributed by atoms with Crippen molar-refractivity contribution in [3.05, 3.63) is 42.0 Å². The minimum Gasteiger partial charge on any atom is -0.506 e. The van der Waals surface area contributed by atoms with Gasteiger partial charge in [-0.1, -0.05) is 6.07 Å². The Labute approximate surface area is 110 Å². The summed E-state index contributed by atoms with van der Waals surface area (Å²) >= 11 is 0. The van der Waals surface area contributed by atoms with Crippen molar-refractivity contribution in [1.29, 1.82) is 0 Å². The molecule has 0 spiro atoms. The van der Waals surface area contributed by atoms with Crippen LogP contribution in [0.4, 0.5) is 0 Å². The number of methoxy groups -OCH3 is 1. The number of hydrogen-bond acceptors (Lipinski definition) is 4. The van der Waals surface area contributed by atoms with E-state index in [0.717, 1.165) is 16.6 Å². The molecule has 2 aromatic carbocycles. The van der Waals surface area contributed by atoms with E-state index in [0.29, 0.717) is 11.4 Å². The molecular formula is C14H13N3O2. The third-order valence-corrected chi connectivity index (χ3v) is 2.93. The molecule has 0 saturated heterocycles. The topological polar surface area (TPSA) is 60.2 Å². The molecule has 0 bridgehead atoms. The molecule has 0 amide bonds. The van der Waals surface area contributed by atoms with E-state index in [1.807, 2.05) is 25.1 Å². The number of phenolic OH excluding ortho intramolecular Hbond substituents is 1. The summed E-state index contributed by atoms with van der Waals surface area (Å²) in [5.41, 5.74) is 3.19. The number of aromatic hydroxyl groups is 1. The molecule has 1 N–H and O–H groups in total. The van der Waals surface area contributed by atoms with Gasteiger partial charge < -0.3 is 9.84 Å². The lowest BCUT2D eigenvalue weighted by molar-refractivity contribution is 0.411. The Morgan fingerprint density at radius 2 is 1.84 bits per heavy atom. The zero-order valence-electron chi connectivity index (χ0n) is 10.7. The van der Waals surface area contributed by atoms with Crippen LogP contribution >= 0.6 is 0 Å². The zero-order valence-corrected chi connectivity index (χ0v) is 10.7. The highest BCUT2D eigenvalue weighted by molar-refractivity contribution is 5.74. The van der Waals surface area contributed by atoms with Crippen molar-refractivity contribution in [3.63, 3.8) is 0 Å². The van der Waals surface area contributed by atoms with Crippen LogP contribution in [0, 0.1) is 6.92 Å². The first-order chi connectivity index (χ1) is 9.17. The van der Waals surface area contributed by atoms with Gasteiger partial charge in [0.05, 0.1) is 7.11 Å². The third kappa shape index (κ3) is 1.99. The Balaban J connectivity index is 2.18. The quantitative estimate of drug-likeness (QED) is 0.764. The summed E-state index contributed by atoms with van der Waals surface area (Å²) in [4.78, 5) is 1.42. The number of aryl methyl sites for hydroxylation is 1. The van der Waals surface area contributed by atoms with Gasteiger partial charge in [-0.3, -0.25) is 0 Å². The zero-order chi connectivity index (χ0) is 13.4. The number of ether oxygens (including phenoxy) is 1. The summed E-state index contributed by atoms with van der Waals surface area (Å²) in [6.07, 6.45) is 0. The summed E-state index contributed by atoms with van der Waals surface area (Å²) in [6.45, 7) is 2.00. The minimum atomic E-state index is 0.109. The molecule has 0 atom stereocenters. The van der Waals surface area contributed by atoms with Gasteiger partial charge in [-0.25, -0.2) is 0 Å². The van der Waals surface area contributed by atoms with E-state index in [9.17, 15) is 5.11 Å². The van der Waals surface area contributed by atoms with E-state index >= 15 is 0 Å². The van der Waals surface area contributed by atoms with Gasteiger partial charge in [0.2, 0.25) is 0 Å². The lowest BCUT2D eigenvalue weighted by Gasteiger charge is -2.05. The first-order valence-corrected chi connectivity index (χ1v) is 5.88. The number of hydrogen-bond donors (Lipinski definition) is 1. The Kier molecular flexibility index (Phi) is 2.59. The molecule has 19 heavy (non-hydrogen) atoms. The molecule has 0 fully saturated rings. The fourth-order valence-electron chi connectivity index (χ4n) is 1.92. The maximum Gasteiger partial charge on any atom is 0.143 e. The lowest BCUT2D eigenvalue weighted by Crippen LogP contribution is -1.99. The second-order valence-corrected chi connectivity index (χ2v) is 4.34. The van der Waals surface area contributed by atoms with Crippen LogP contribution in [0.15, 0.2) is 36.4 Å². The van der Waals surface area contributed by atoms with Gasteiger partial charge in [-0.15, -0.1) is 15.0 Å². The highest BCUT2D eigenvalue weighted by Gasteiger charge is 2.10. The lowest BCUT2D eigenvalue weighted by atomic mass is 10.2. The molecule has 5 nitrogen and oxygen atoms in total. The molecular weight excluding hydrogens is 242 g/mol. The predicted octanol–water partition coefficient (Wildman–Crippen LogP) is 2.44. The number of fused-ring (bicyclic) bond motifs is 1. The van der Waals surface area contributed by atoms with Crippen molar-refractivity contribution in [2.75, 3.05) is 7.11 Å². The van der Waals surface area contributed by atoms with Gasteiger partial charge in [0.25, 0.3) is 0 Å². The molecule has 96 valence electrons. The Bertz CT molecular complexity index is 750. The van der Waals surface area contributed by atoms with Gasteiger partial charge in [0.1, 0.15) is 28.2 Å². The Hall–Kier alpha value is -2.56. The summed E-state index contributed by atoms with van der Waals surface area (Å²) in [5, 5.41) is 18.6. The van der Waals surface area contributed by atoms with Crippen molar-refractivity contribution in [3.8, 4) is 17.2 Å². The van der Waals surface area contributed by atoms with Crippen LogP contribution in [0.3, 0.4) is 0 Å². The number of benzene rings is 2. The summed E-state index contributed by atoms with van der Waals surface area (Å²) in [5.74, 6) is 0.753. The molecule has 0 aliphatic rings. The molecule has 0 radical (unpaired) electrons. The van der Waals surface area contributed by atoms with Gasteiger partial charge in [-0.05, 0) is 36.8 Å². The molecule has 0 aliphatic heterocycles. The Morgan fingerprint density at radius 1 is 1.05 bits per heavy atom. The monoisotopic (exact) mass is 255 g/mol. The standard InChI is InChI=1S/C14H13N3O2/c1-9-3-5-11-12(7-9)16-17(15-11)13-8-10(19-2)4-6-14(13)18/h3-8,18H,1-2H3. The van der Waals surface area contributed by atoms with Crippen molar-refractivity contribution in [1.82, 2.24) is 15.0 Å². The van der Waals surface area contributed by atoms with Crippen LogP contribution in [0.25, 0.3) is 16.7 Å². The highest BCUT2D eigenvalue weighted by Crippen LogP contribution is 2.26. The van der Waals surface area contributed by atoms with Crippen molar-refractivity contribution in [2.24, 2.45) is 0 Å². The maximum atomic E-state index is 9.91. The Morgan fingerprint density at radius 3 is 2.63 bits per heavy atom. The first kappa shape index (κ1) is 11.5. The van der Waals surface area contributed by atoms with Crippen molar-refractivity contribution >= 4 is 11.0 Å². The van der Waals surface area contributed by atoms with Crippen LogP contribution in [-0.2, 0) is 0 Å².